The second-order valence-corrected chi connectivity index (χ2v) is 6.50. The van der Waals surface area contributed by atoms with Gasteiger partial charge in [0.25, 0.3) is 0 Å². The van der Waals surface area contributed by atoms with Crippen LogP contribution < -0.4 is 15.2 Å². The number of likely N-dealkylation sites (tertiary alicyclic amines) is 1. The molecule has 0 aliphatic carbocycles. The van der Waals surface area contributed by atoms with E-state index in [-0.39, 0.29) is 0 Å². The number of benzene rings is 1. The smallest absolute Gasteiger partial charge is 0.179 e. The Bertz CT molecular complexity index is 509. The number of ether oxygens (including phenoxy) is 2. The van der Waals surface area contributed by atoms with Gasteiger partial charge in [-0.25, -0.2) is 0 Å². The van der Waals surface area contributed by atoms with Crippen LogP contribution in [-0.4, -0.2) is 37.2 Å². The van der Waals surface area contributed by atoms with Crippen molar-refractivity contribution in [2.45, 2.75) is 32.4 Å². The summed E-state index contributed by atoms with van der Waals surface area (Å²) in [6.45, 7) is 6.12. The molecule has 1 fully saturated rings. The first-order chi connectivity index (χ1) is 10.2. The minimum Gasteiger partial charge on any atom is -0.486 e. The highest BCUT2D eigenvalue weighted by Gasteiger charge is 2.26. The SMILES string of the molecule is CC1CCN(Cc2cc(Cl)c3c(c2)OCCO3)C(CN)C1. The van der Waals surface area contributed by atoms with E-state index in [1.165, 1.54) is 12.8 Å². The molecule has 0 bridgehead atoms. The van der Waals surface area contributed by atoms with Gasteiger partial charge < -0.3 is 15.2 Å². The second-order valence-electron chi connectivity index (χ2n) is 6.09. The predicted octanol–water partition coefficient (Wildman–Crippen LogP) is 2.67. The molecule has 2 unspecified atom stereocenters. The van der Waals surface area contributed by atoms with Crippen LogP contribution in [0.25, 0.3) is 0 Å². The van der Waals surface area contributed by atoms with Crippen LogP contribution in [0.3, 0.4) is 0 Å². The summed E-state index contributed by atoms with van der Waals surface area (Å²) in [5.74, 6) is 2.20. The number of nitrogens with two attached hydrogens (primary N) is 1. The summed E-state index contributed by atoms with van der Waals surface area (Å²) < 4.78 is 11.2. The predicted molar refractivity (Wildman–Crippen MR) is 84.1 cm³/mol. The van der Waals surface area contributed by atoms with Crippen LogP contribution in [0.15, 0.2) is 12.1 Å². The molecule has 1 aromatic rings. The molecular weight excluding hydrogens is 288 g/mol. The van der Waals surface area contributed by atoms with Crippen molar-refractivity contribution in [2.24, 2.45) is 11.7 Å². The zero-order chi connectivity index (χ0) is 14.8. The van der Waals surface area contributed by atoms with Gasteiger partial charge in [-0.3, -0.25) is 4.90 Å². The number of hydrogen-bond donors (Lipinski definition) is 1. The Morgan fingerprint density at radius 3 is 2.95 bits per heavy atom. The lowest BCUT2D eigenvalue weighted by Crippen LogP contribution is -2.45. The van der Waals surface area contributed by atoms with E-state index in [1.807, 2.05) is 12.1 Å². The highest BCUT2D eigenvalue weighted by Crippen LogP contribution is 2.39. The minimum absolute atomic E-state index is 0.459. The summed E-state index contributed by atoms with van der Waals surface area (Å²) in [5, 5.41) is 0.636. The van der Waals surface area contributed by atoms with Crippen molar-refractivity contribution < 1.29 is 9.47 Å². The maximum Gasteiger partial charge on any atom is 0.179 e. The summed E-state index contributed by atoms with van der Waals surface area (Å²) in [7, 11) is 0. The lowest BCUT2D eigenvalue weighted by Gasteiger charge is -2.38. The largest absolute Gasteiger partial charge is 0.486 e. The Labute approximate surface area is 131 Å². The van der Waals surface area contributed by atoms with Crippen LogP contribution in [0.1, 0.15) is 25.3 Å². The lowest BCUT2D eigenvalue weighted by molar-refractivity contribution is 0.115. The molecule has 116 valence electrons. The van der Waals surface area contributed by atoms with Crippen LogP contribution in [0.2, 0.25) is 5.02 Å². The van der Waals surface area contributed by atoms with Gasteiger partial charge in [-0.05, 0) is 43.0 Å². The molecular formula is C16H23ClN2O2. The minimum atomic E-state index is 0.459. The normalized spacial score (nSPS) is 25.9. The van der Waals surface area contributed by atoms with Gasteiger partial charge in [0, 0.05) is 19.1 Å². The van der Waals surface area contributed by atoms with E-state index < -0.39 is 0 Å². The van der Waals surface area contributed by atoms with E-state index in [1.54, 1.807) is 0 Å². The Morgan fingerprint density at radius 2 is 2.14 bits per heavy atom. The Balaban J connectivity index is 1.76. The van der Waals surface area contributed by atoms with Crippen LogP contribution in [0.4, 0.5) is 0 Å². The quantitative estimate of drug-likeness (QED) is 0.932. The number of nitrogens with zero attached hydrogens (tertiary/aromatic N) is 1. The van der Waals surface area contributed by atoms with Crippen molar-refractivity contribution in [3.8, 4) is 11.5 Å². The van der Waals surface area contributed by atoms with Crippen molar-refractivity contribution in [1.82, 2.24) is 4.90 Å². The fraction of sp³-hybridized carbons (Fsp3) is 0.625. The molecule has 0 radical (unpaired) electrons. The molecule has 2 aliphatic rings. The number of fused-ring (bicyclic) bond motifs is 1. The molecule has 1 aromatic carbocycles. The third-order valence-corrected chi connectivity index (χ3v) is 4.70. The first kappa shape index (κ1) is 14.9. The monoisotopic (exact) mass is 310 g/mol. The Morgan fingerprint density at radius 1 is 1.33 bits per heavy atom. The maximum atomic E-state index is 6.31. The molecule has 2 aliphatic heterocycles. The Kier molecular flexibility index (Phi) is 4.57. The third kappa shape index (κ3) is 3.28. The van der Waals surface area contributed by atoms with Crippen molar-refractivity contribution >= 4 is 11.6 Å². The summed E-state index contributed by atoms with van der Waals surface area (Å²) in [6.07, 6.45) is 2.41. The number of hydrogen-bond acceptors (Lipinski definition) is 4. The number of halogens is 1. The van der Waals surface area contributed by atoms with Gasteiger partial charge in [-0.1, -0.05) is 18.5 Å². The molecule has 1 saturated heterocycles. The topological polar surface area (TPSA) is 47.7 Å². The van der Waals surface area contributed by atoms with Crippen molar-refractivity contribution in [3.05, 3.63) is 22.7 Å². The highest BCUT2D eigenvalue weighted by molar-refractivity contribution is 6.32. The average Bonchev–Trinajstić information content (AvgIpc) is 2.49. The van der Waals surface area contributed by atoms with Gasteiger partial charge in [-0.2, -0.15) is 0 Å². The van der Waals surface area contributed by atoms with E-state index in [0.29, 0.717) is 36.6 Å². The van der Waals surface area contributed by atoms with Gasteiger partial charge in [0.2, 0.25) is 0 Å². The maximum absolute atomic E-state index is 6.31. The third-order valence-electron chi connectivity index (χ3n) is 4.41. The molecule has 21 heavy (non-hydrogen) atoms. The summed E-state index contributed by atoms with van der Waals surface area (Å²) in [4.78, 5) is 2.46. The molecule has 3 rings (SSSR count). The van der Waals surface area contributed by atoms with Gasteiger partial charge in [-0.15, -0.1) is 0 Å². The van der Waals surface area contributed by atoms with Crippen molar-refractivity contribution in [3.63, 3.8) is 0 Å². The molecule has 0 amide bonds. The Hall–Kier alpha value is -0.970. The van der Waals surface area contributed by atoms with Crippen LogP contribution in [0.5, 0.6) is 11.5 Å². The van der Waals surface area contributed by atoms with E-state index in [4.69, 9.17) is 26.8 Å². The van der Waals surface area contributed by atoms with Crippen LogP contribution in [-0.2, 0) is 6.54 Å². The standard InChI is InChI=1S/C16H23ClN2O2/c1-11-2-3-19(13(6-11)9-18)10-12-7-14(17)16-15(8-12)20-4-5-21-16/h7-8,11,13H,2-6,9-10,18H2,1H3. The summed E-state index contributed by atoms with van der Waals surface area (Å²) in [6, 6.07) is 4.49. The van der Waals surface area contributed by atoms with Crippen LogP contribution >= 0.6 is 11.6 Å². The molecule has 2 atom stereocenters. The highest BCUT2D eigenvalue weighted by atomic mass is 35.5. The summed E-state index contributed by atoms with van der Waals surface area (Å²) in [5.41, 5.74) is 7.10. The van der Waals surface area contributed by atoms with Gasteiger partial charge >= 0.3 is 0 Å². The molecule has 2 heterocycles. The second kappa shape index (κ2) is 6.42. The molecule has 0 spiro atoms. The zero-order valence-electron chi connectivity index (χ0n) is 12.5. The molecule has 0 aromatic heterocycles. The molecule has 0 saturated carbocycles. The zero-order valence-corrected chi connectivity index (χ0v) is 13.2. The fourth-order valence-corrected chi connectivity index (χ4v) is 3.53. The van der Waals surface area contributed by atoms with E-state index in [9.17, 15) is 0 Å². The molecule has 4 nitrogen and oxygen atoms in total. The number of rotatable bonds is 3. The van der Waals surface area contributed by atoms with Crippen molar-refractivity contribution in [1.29, 1.82) is 0 Å². The van der Waals surface area contributed by atoms with E-state index in [0.717, 1.165) is 30.3 Å². The van der Waals surface area contributed by atoms with Crippen LogP contribution in [0, 0.1) is 5.92 Å². The summed E-state index contributed by atoms with van der Waals surface area (Å²) >= 11 is 6.31. The number of piperidine rings is 1. The fourth-order valence-electron chi connectivity index (χ4n) is 3.24. The first-order valence-corrected chi connectivity index (χ1v) is 8.07. The van der Waals surface area contributed by atoms with E-state index in [2.05, 4.69) is 11.8 Å². The first-order valence-electron chi connectivity index (χ1n) is 7.69. The molecule has 2 N–H and O–H groups in total. The van der Waals surface area contributed by atoms with Gasteiger partial charge in [0.15, 0.2) is 11.5 Å². The van der Waals surface area contributed by atoms with Crippen molar-refractivity contribution in [2.75, 3.05) is 26.3 Å². The van der Waals surface area contributed by atoms with Gasteiger partial charge in [0.05, 0.1) is 5.02 Å². The van der Waals surface area contributed by atoms with E-state index >= 15 is 0 Å². The average molecular weight is 311 g/mol. The van der Waals surface area contributed by atoms with Gasteiger partial charge in [0.1, 0.15) is 13.2 Å². The lowest BCUT2D eigenvalue weighted by atomic mass is 9.92. The molecule has 5 heteroatoms.